The summed E-state index contributed by atoms with van der Waals surface area (Å²) >= 11 is 1.41. The Morgan fingerprint density at radius 2 is 1.83 bits per heavy atom. The van der Waals surface area contributed by atoms with E-state index in [2.05, 4.69) is 9.64 Å². The molecule has 8 heteroatoms. The fourth-order valence-corrected chi connectivity index (χ4v) is 4.31. The van der Waals surface area contributed by atoms with Crippen LogP contribution in [0, 0.1) is 0 Å². The van der Waals surface area contributed by atoms with Crippen LogP contribution in [0.3, 0.4) is 0 Å². The highest BCUT2D eigenvalue weighted by molar-refractivity contribution is 7.18. The molecule has 0 N–H and O–H groups in total. The lowest BCUT2D eigenvalue weighted by Crippen LogP contribution is -2.35. The number of carbonyl (C=O) groups is 2. The molecule has 0 unspecified atom stereocenters. The normalized spacial score (nSPS) is 13.8. The van der Waals surface area contributed by atoms with Crippen LogP contribution in [0.2, 0.25) is 0 Å². The molecule has 0 bridgehead atoms. The summed E-state index contributed by atoms with van der Waals surface area (Å²) in [6.07, 6.45) is 0. The summed E-state index contributed by atoms with van der Waals surface area (Å²) in [4.78, 5) is 26.9. The van der Waals surface area contributed by atoms with E-state index in [0.29, 0.717) is 23.9 Å². The predicted molar refractivity (Wildman–Crippen MR) is 112 cm³/mol. The van der Waals surface area contributed by atoms with E-state index in [0.717, 1.165) is 29.2 Å². The van der Waals surface area contributed by atoms with Crippen LogP contribution < -0.4 is 4.90 Å². The number of morpholine rings is 1. The maximum Gasteiger partial charge on any atom is 0.373 e. The van der Waals surface area contributed by atoms with E-state index in [1.807, 2.05) is 36.4 Å². The zero-order valence-corrected chi connectivity index (χ0v) is 17.3. The number of anilines is 1. The van der Waals surface area contributed by atoms with Gasteiger partial charge in [-0.3, -0.25) is 0 Å². The maximum atomic E-state index is 12.7. The number of carbonyl (C=O) groups excluding carboxylic acids is 2. The summed E-state index contributed by atoms with van der Waals surface area (Å²) in [7, 11) is 1.28. The fourth-order valence-electron chi connectivity index (χ4n) is 3.18. The first-order valence-corrected chi connectivity index (χ1v) is 10.3. The number of esters is 2. The van der Waals surface area contributed by atoms with E-state index in [9.17, 15) is 9.59 Å². The molecule has 7 nitrogen and oxygen atoms in total. The van der Waals surface area contributed by atoms with Crippen LogP contribution in [-0.2, 0) is 20.8 Å². The molecule has 0 atom stereocenters. The van der Waals surface area contributed by atoms with E-state index >= 15 is 0 Å². The molecule has 1 aromatic carbocycles. The number of rotatable bonds is 6. The van der Waals surface area contributed by atoms with Gasteiger partial charge in [-0.25, -0.2) is 9.59 Å². The van der Waals surface area contributed by atoms with Gasteiger partial charge in [0.2, 0.25) is 5.76 Å². The van der Waals surface area contributed by atoms with Crippen molar-refractivity contribution in [3.05, 3.63) is 64.9 Å². The monoisotopic (exact) mass is 427 g/mol. The Morgan fingerprint density at radius 3 is 2.57 bits per heavy atom. The van der Waals surface area contributed by atoms with Gasteiger partial charge in [-0.1, -0.05) is 30.3 Å². The van der Waals surface area contributed by atoms with Crippen molar-refractivity contribution in [3.63, 3.8) is 0 Å². The van der Waals surface area contributed by atoms with Gasteiger partial charge >= 0.3 is 11.9 Å². The minimum Gasteiger partial charge on any atom is -0.463 e. The highest BCUT2D eigenvalue weighted by Gasteiger charge is 2.23. The molecule has 3 heterocycles. The summed E-state index contributed by atoms with van der Waals surface area (Å²) in [6, 6.07) is 14.9. The first-order valence-electron chi connectivity index (χ1n) is 9.52. The van der Waals surface area contributed by atoms with Crippen LogP contribution in [-0.4, -0.2) is 45.4 Å². The predicted octanol–water partition coefficient (Wildman–Crippen LogP) is 3.99. The van der Waals surface area contributed by atoms with Gasteiger partial charge < -0.3 is 23.5 Å². The minimum absolute atomic E-state index is 0.0682. The molecule has 1 saturated heterocycles. The van der Waals surface area contributed by atoms with Crippen LogP contribution in [0.5, 0.6) is 0 Å². The van der Waals surface area contributed by atoms with Gasteiger partial charge in [-0.15, -0.1) is 11.3 Å². The van der Waals surface area contributed by atoms with Crippen LogP contribution >= 0.6 is 11.3 Å². The average Bonchev–Trinajstić information content (AvgIpc) is 3.46. The third kappa shape index (κ3) is 4.39. The van der Waals surface area contributed by atoms with Crippen molar-refractivity contribution >= 4 is 28.3 Å². The summed E-state index contributed by atoms with van der Waals surface area (Å²) < 4.78 is 20.8. The smallest absolute Gasteiger partial charge is 0.373 e. The quantitative estimate of drug-likeness (QED) is 0.551. The Balaban J connectivity index is 1.53. The molecule has 0 spiro atoms. The standard InChI is InChI=1S/C22H21NO6S/c1-26-21(24)18-8-7-16(29-18)14-28-22(25)19-13-17(15-5-3-2-4-6-15)20(30-19)23-9-11-27-12-10-23/h2-8,13H,9-12,14H2,1H3. The number of nitrogens with zero attached hydrogens (tertiary/aromatic N) is 1. The molecule has 1 fully saturated rings. The topological polar surface area (TPSA) is 78.2 Å². The molecule has 4 rings (SSSR count). The van der Waals surface area contributed by atoms with Crippen LogP contribution in [0.25, 0.3) is 11.1 Å². The SMILES string of the molecule is COC(=O)c1ccc(COC(=O)c2cc(-c3ccccc3)c(N3CCOCC3)s2)o1. The van der Waals surface area contributed by atoms with E-state index in [4.69, 9.17) is 13.9 Å². The zero-order valence-electron chi connectivity index (χ0n) is 16.5. The summed E-state index contributed by atoms with van der Waals surface area (Å²) in [5.41, 5.74) is 2.04. The average molecular weight is 427 g/mol. The molecule has 156 valence electrons. The lowest BCUT2D eigenvalue weighted by Gasteiger charge is -2.28. The molecule has 0 saturated carbocycles. The first-order chi connectivity index (χ1) is 14.7. The van der Waals surface area contributed by atoms with Gasteiger partial charge in [0.1, 0.15) is 17.2 Å². The number of hydrogen-bond donors (Lipinski definition) is 0. The number of thiophene rings is 1. The second kappa shape index (κ2) is 9.15. The van der Waals surface area contributed by atoms with Crippen molar-refractivity contribution in [2.24, 2.45) is 0 Å². The van der Waals surface area contributed by atoms with Gasteiger partial charge in [0.15, 0.2) is 0 Å². The van der Waals surface area contributed by atoms with Crippen LogP contribution in [0.15, 0.2) is 52.9 Å². The lowest BCUT2D eigenvalue weighted by atomic mass is 10.1. The van der Waals surface area contributed by atoms with Gasteiger partial charge in [0, 0.05) is 18.7 Å². The highest BCUT2D eigenvalue weighted by atomic mass is 32.1. The molecule has 0 aliphatic carbocycles. The Kier molecular flexibility index (Phi) is 6.15. The van der Waals surface area contributed by atoms with E-state index in [1.54, 1.807) is 6.07 Å². The molecule has 1 aliphatic rings. The first kappa shape index (κ1) is 20.2. The fraction of sp³-hybridized carbons (Fsp3) is 0.273. The number of benzene rings is 1. The van der Waals surface area contributed by atoms with Crippen molar-refractivity contribution < 1.29 is 28.2 Å². The Bertz CT molecular complexity index is 1020. The third-order valence-corrected chi connectivity index (χ3v) is 5.87. The second-order valence-corrected chi connectivity index (χ2v) is 7.66. The van der Waals surface area contributed by atoms with E-state index < -0.39 is 11.9 Å². The molecular formula is C22H21NO6S. The second-order valence-electron chi connectivity index (χ2n) is 6.63. The van der Waals surface area contributed by atoms with Gasteiger partial charge in [0.25, 0.3) is 0 Å². The van der Waals surface area contributed by atoms with Crippen molar-refractivity contribution in [2.45, 2.75) is 6.61 Å². The Hall–Kier alpha value is -3.10. The molecule has 0 radical (unpaired) electrons. The lowest BCUT2D eigenvalue weighted by molar-refractivity contribution is 0.0444. The number of ether oxygens (including phenoxy) is 3. The van der Waals surface area contributed by atoms with Crippen molar-refractivity contribution in [1.29, 1.82) is 0 Å². The highest BCUT2D eigenvalue weighted by Crippen LogP contribution is 2.39. The summed E-state index contributed by atoms with van der Waals surface area (Å²) in [6.45, 7) is 2.80. The number of methoxy groups -OCH3 is 1. The third-order valence-electron chi connectivity index (χ3n) is 4.69. The molecule has 1 aliphatic heterocycles. The molecule has 3 aromatic rings. The molecule has 0 amide bonds. The Labute approximate surface area is 177 Å². The van der Waals surface area contributed by atoms with Crippen molar-refractivity contribution in [1.82, 2.24) is 0 Å². The molecule has 30 heavy (non-hydrogen) atoms. The Morgan fingerprint density at radius 1 is 1.07 bits per heavy atom. The largest absolute Gasteiger partial charge is 0.463 e. The molecule has 2 aromatic heterocycles. The minimum atomic E-state index is -0.575. The van der Waals surface area contributed by atoms with Gasteiger partial charge in [-0.05, 0) is 23.8 Å². The van der Waals surface area contributed by atoms with Gasteiger partial charge in [0.05, 0.1) is 25.3 Å². The van der Waals surface area contributed by atoms with E-state index in [-0.39, 0.29) is 12.4 Å². The van der Waals surface area contributed by atoms with Crippen molar-refractivity contribution in [3.8, 4) is 11.1 Å². The molecular weight excluding hydrogens is 406 g/mol. The number of hydrogen-bond acceptors (Lipinski definition) is 8. The van der Waals surface area contributed by atoms with Crippen molar-refractivity contribution in [2.75, 3.05) is 38.3 Å². The number of furan rings is 1. The van der Waals surface area contributed by atoms with Crippen LogP contribution in [0.1, 0.15) is 26.0 Å². The zero-order chi connectivity index (χ0) is 20.9. The maximum absolute atomic E-state index is 12.7. The van der Waals surface area contributed by atoms with Crippen LogP contribution in [0.4, 0.5) is 5.00 Å². The summed E-state index contributed by atoms with van der Waals surface area (Å²) in [5.74, 6) is -0.571. The summed E-state index contributed by atoms with van der Waals surface area (Å²) in [5, 5.41) is 1.03. The van der Waals surface area contributed by atoms with E-state index in [1.165, 1.54) is 24.5 Å². The van der Waals surface area contributed by atoms with Gasteiger partial charge in [-0.2, -0.15) is 0 Å².